The lowest BCUT2D eigenvalue weighted by atomic mass is 10.3. The number of hydrogen-bond donors (Lipinski definition) is 3. The maximum atomic E-state index is 11.9. The third-order valence-electron chi connectivity index (χ3n) is 4.33. The fourth-order valence-electron chi connectivity index (χ4n) is 2.96. The van der Waals surface area contributed by atoms with Crippen LogP contribution in [0.2, 0.25) is 0 Å². The van der Waals surface area contributed by atoms with Crippen LogP contribution in [-0.4, -0.2) is 44.6 Å². The Bertz CT molecular complexity index is 721. The van der Waals surface area contributed by atoms with Gasteiger partial charge in [0.2, 0.25) is 5.91 Å². The zero-order valence-electron chi connectivity index (χ0n) is 15.4. The molecule has 0 radical (unpaired) electrons. The van der Waals surface area contributed by atoms with Gasteiger partial charge < -0.3 is 25.3 Å². The number of guanidine groups is 1. The summed E-state index contributed by atoms with van der Waals surface area (Å²) in [4.78, 5) is 18.5. The third-order valence-corrected chi connectivity index (χ3v) is 4.33. The lowest BCUT2D eigenvalue weighted by molar-refractivity contribution is -0.120. The molecule has 1 saturated heterocycles. The second kappa shape index (κ2) is 10.8. The quantitative estimate of drug-likeness (QED) is 0.333. The molecule has 1 amide bonds. The first-order chi connectivity index (χ1) is 12.7. The number of carbonyl (C=O) groups is 1. The first-order valence-corrected chi connectivity index (χ1v) is 8.81. The van der Waals surface area contributed by atoms with Gasteiger partial charge in [0.25, 0.3) is 0 Å². The number of nitrogens with one attached hydrogen (secondary N) is 3. The summed E-state index contributed by atoms with van der Waals surface area (Å²) in [7, 11) is 1.71. The normalized spacial score (nSPS) is 16.6. The Hall–Kier alpha value is -2.23. The minimum absolute atomic E-state index is 0. The fourth-order valence-corrected chi connectivity index (χ4v) is 2.96. The van der Waals surface area contributed by atoms with E-state index < -0.39 is 0 Å². The molecule has 1 aromatic heterocycles. The number of nitrogens with zero attached hydrogens (tertiary/aromatic N) is 2. The predicted octanol–water partition coefficient (Wildman–Crippen LogP) is 1.96. The zero-order chi connectivity index (χ0) is 18.2. The molecule has 0 spiro atoms. The van der Waals surface area contributed by atoms with Gasteiger partial charge in [0.1, 0.15) is 5.76 Å². The Kier molecular flexibility index (Phi) is 8.43. The van der Waals surface area contributed by atoms with Crippen molar-refractivity contribution in [3.63, 3.8) is 0 Å². The Labute approximate surface area is 176 Å². The first kappa shape index (κ1) is 21.1. The van der Waals surface area contributed by atoms with E-state index in [1.165, 1.54) is 5.69 Å². The third kappa shape index (κ3) is 6.46. The number of carbonyl (C=O) groups excluding carboxylic acids is 1. The standard InChI is InChI=1S/C19H25N5O2.HI/c1-20-19(22-13-18(25)21-12-17-8-5-11-26-17)23-15-9-10-24(14-15)16-6-3-2-4-7-16;/h2-8,11,15H,9-10,12-14H2,1H3,(H,21,25)(H2,20,22,23);1H. The second-order valence-corrected chi connectivity index (χ2v) is 6.19. The van der Waals surface area contributed by atoms with Crippen LogP contribution in [0.4, 0.5) is 5.69 Å². The number of para-hydroxylation sites is 1. The van der Waals surface area contributed by atoms with Crippen LogP contribution in [-0.2, 0) is 11.3 Å². The van der Waals surface area contributed by atoms with E-state index in [1.807, 2.05) is 12.1 Å². The molecule has 3 N–H and O–H groups in total. The van der Waals surface area contributed by atoms with Crippen molar-refractivity contribution < 1.29 is 9.21 Å². The van der Waals surface area contributed by atoms with Crippen LogP contribution in [0.15, 0.2) is 58.1 Å². The van der Waals surface area contributed by atoms with Gasteiger partial charge in [-0.15, -0.1) is 24.0 Å². The van der Waals surface area contributed by atoms with Crippen molar-refractivity contribution in [3.8, 4) is 0 Å². The highest BCUT2D eigenvalue weighted by atomic mass is 127. The number of aliphatic imine (C=N–C) groups is 1. The van der Waals surface area contributed by atoms with Gasteiger partial charge in [-0.05, 0) is 30.7 Å². The second-order valence-electron chi connectivity index (χ2n) is 6.19. The summed E-state index contributed by atoms with van der Waals surface area (Å²) >= 11 is 0. The van der Waals surface area contributed by atoms with Crippen molar-refractivity contribution in [3.05, 3.63) is 54.5 Å². The summed E-state index contributed by atoms with van der Waals surface area (Å²) in [5, 5.41) is 9.25. The molecule has 8 heteroatoms. The number of benzene rings is 1. The van der Waals surface area contributed by atoms with Crippen LogP contribution in [0.5, 0.6) is 0 Å². The van der Waals surface area contributed by atoms with Crippen molar-refractivity contribution in [1.82, 2.24) is 16.0 Å². The summed E-state index contributed by atoms with van der Waals surface area (Å²) in [5.74, 6) is 1.26. The van der Waals surface area contributed by atoms with E-state index in [0.717, 1.165) is 25.3 Å². The number of halogens is 1. The molecule has 1 aromatic carbocycles. The van der Waals surface area contributed by atoms with E-state index in [1.54, 1.807) is 19.4 Å². The topological polar surface area (TPSA) is 81.9 Å². The molecular formula is C19H26IN5O2. The average Bonchev–Trinajstić information content (AvgIpc) is 3.36. The molecule has 0 aliphatic carbocycles. The van der Waals surface area contributed by atoms with Crippen molar-refractivity contribution in [2.45, 2.75) is 19.0 Å². The van der Waals surface area contributed by atoms with Crippen molar-refractivity contribution in [2.24, 2.45) is 4.99 Å². The van der Waals surface area contributed by atoms with Crippen molar-refractivity contribution in [1.29, 1.82) is 0 Å². The van der Waals surface area contributed by atoms with Gasteiger partial charge >= 0.3 is 0 Å². The largest absolute Gasteiger partial charge is 0.467 e. The fraction of sp³-hybridized carbons (Fsp3) is 0.368. The molecule has 7 nitrogen and oxygen atoms in total. The molecule has 1 aliphatic rings. The van der Waals surface area contributed by atoms with Crippen LogP contribution in [0.1, 0.15) is 12.2 Å². The summed E-state index contributed by atoms with van der Waals surface area (Å²) in [6.07, 6.45) is 2.62. The summed E-state index contributed by atoms with van der Waals surface area (Å²) in [6, 6.07) is 14.3. The Morgan fingerprint density at radius 3 is 2.74 bits per heavy atom. The zero-order valence-corrected chi connectivity index (χ0v) is 17.7. The lowest BCUT2D eigenvalue weighted by Gasteiger charge is -2.20. The molecule has 2 aromatic rings. The van der Waals surface area contributed by atoms with E-state index >= 15 is 0 Å². The molecule has 1 fully saturated rings. The Morgan fingerprint density at radius 2 is 2.04 bits per heavy atom. The number of anilines is 1. The molecule has 2 heterocycles. The molecule has 0 saturated carbocycles. The van der Waals surface area contributed by atoms with Crippen LogP contribution in [0.25, 0.3) is 0 Å². The van der Waals surface area contributed by atoms with E-state index in [9.17, 15) is 4.79 Å². The first-order valence-electron chi connectivity index (χ1n) is 8.81. The Balaban J connectivity index is 0.00000261. The minimum Gasteiger partial charge on any atom is -0.467 e. The maximum absolute atomic E-state index is 11.9. The van der Waals surface area contributed by atoms with Gasteiger partial charge in [0.15, 0.2) is 5.96 Å². The van der Waals surface area contributed by atoms with Gasteiger partial charge in [0, 0.05) is 31.9 Å². The van der Waals surface area contributed by atoms with Crippen LogP contribution < -0.4 is 20.9 Å². The highest BCUT2D eigenvalue weighted by molar-refractivity contribution is 14.0. The summed E-state index contributed by atoms with van der Waals surface area (Å²) < 4.78 is 5.19. The molecular weight excluding hydrogens is 457 g/mol. The van der Waals surface area contributed by atoms with Gasteiger partial charge in [-0.2, -0.15) is 0 Å². The highest BCUT2D eigenvalue weighted by Crippen LogP contribution is 2.19. The average molecular weight is 483 g/mol. The molecule has 0 bridgehead atoms. The van der Waals surface area contributed by atoms with E-state index in [-0.39, 0.29) is 36.4 Å². The van der Waals surface area contributed by atoms with Crippen molar-refractivity contribution >= 4 is 41.5 Å². The predicted molar refractivity (Wildman–Crippen MR) is 118 cm³/mol. The van der Waals surface area contributed by atoms with Crippen LogP contribution in [0.3, 0.4) is 0 Å². The monoisotopic (exact) mass is 483 g/mol. The van der Waals surface area contributed by atoms with E-state index in [4.69, 9.17) is 4.42 Å². The number of hydrogen-bond acceptors (Lipinski definition) is 4. The SMILES string of the molecule is CN=C(NCC(=O)NCc1ccco1)NC1CCN(c2ccccc2)C1.I. The van der Waals surface area contributed by atoms with Gasteiger partial charge in [-0.25, -0.2) is 0 Å². The van der Waals surface area contributed by atoms with E-state index in [0.29, 0.717) is 18.5 Å². The molecule has 1 aliphatic heterocycles. The molecule has 3 rings (SSSR count). The lowest BCUT2D eigenvalue weighted by Crippen LogP contribution is -2.47. The van der Waals surface area contributed by atoms with Crippen molar-refractivity contribution in [2.75, 3.05) is 31.6 Å². The number of amides is 1. The maximum Gasteiger partial charge on any atom is 0.239 e. The molecule has 27 heavy (non-hydrogen) atoms. The number of furan rings is 1. The molecule has 1 atom stereocenters. The minimum atomic E-state index is -0.110. The van der Waals surface area contributed by atoms with Gasteiger partial charge in [0.05, 0.1) is 19.4 Å². The highest BCUT2D eigenvalue weighted by Gasteiger charge is 2.23. The number of rotatable bonds is 6. The van der Waals surface area contributed by atoms with Crippen LogP contribution in [0, 0.1) is 0 Å². The van der Waals surface area contributed by atoms with E-state index in [2.05, 4.69) is 50.1 Å². The van der Waals surface area contributed by atoms with Gasteiger partial charge in [-0.3, -0.25) is 9.79 Å². The Morgan fingerprint density at radius 1 is 1.22 bits per heavy atom. The van der Waals surface area contributed by atoms with Crippen LogP contribution >= 0.6 is 24.0 Å². The summed E-state index contributed by atoms with van der Waals surface area (Å²) in [6.45, 7) is 2.46. The smallest absolute Gasteiger partial charge is 0.239 e. The van der Waals surface area contributed by atoms with Gasteiger partial charge in [-0.1, -0.05) is 18.2 Å². The summed E-state index contributed by atoms with van der Waals surface area (Å²) in [5.41, 5.74) is 1.23. The molecule has 146 valence electrons. The molecule has 1 unspecified atom stereocenters.